The minimum Gasteiger partial charge on any atom is -0.467 e. The monoisotopic (exact) mass is 314 g/mol. The first-order valence-electron chi connectivity index (χ1n) is 7.05. The van der Waals surface area contributed by atoms with Crippen molar-refractivity contribution in [2.45, 2.75) is 6.04 Å². The van der Waals surface area contributed by atoms with Crippen LogP contribution in [0.25, 0.3) is 0 Å². The SMILES string of the molecule is O=C(NCC(c1ccco1)n1cccn1)Nc1ccc(F)cc1. The predicted molar refractivity (Wildman–Crippen MR) is 82.5 cm³/mol. The largest absolute Gasteiger partial charge is 0.467 e. The number of nitrogens with zero attached hydrogens (tertiary/aromatic N) is 2. The highest BCUT2D eigenvalue weighted by atomic mass is 19.1. The van der Waals surface area contributed by atoms with Gasteiger partial charge in [0.15, 0.2) is 0 Å². The quantitative estimate of drug-likeness (QED) is 0.760. The van der Waals surface area contributed by atoms with Crippen LogP contribution < -0.4 is 10.6 Å². The lowest BCUT2D eigenvalue weighted by molar-refractivity contribution is 0.250. The van der Waals surface area contributed by atoms with Gasteiger partial charge in [-0.1, -0.05) is 0 Å². The van der Waals surface area contributed by atoms with E-state index in [1.165, 1.54) is 24.3 Å². The fourth-order valence-electron chi connectivity index (χ4n) is 2.17. The van der Waals surface area contributed by atoms with Crippen LogP contribution in [0.2, 0.25) is 0 Å². The molecule has 0 spiro atoms. The van der Waals surface area contributed by atoms with Gasteiger partial charge in [-0.25, -0.2) is 9.18 Å². The van der Waals surface area contributed by atoms with E-state index >= 15 is 0 Å². The second kappa shape index (κ2) is 6.78. The molecule has 1 aromatic carbocycles. The van der Waals surface area contributed by atoms with Gasteiger partial charge in [-0.15, -0.1) is 0 Å². The van der Waals surface area contributed by atoms with E-state index in [1.807, 2.05) is 6.07 Å². The molecule has 3 aromatic rings. The Morgan fingerprint density at radius 3 is 2.74 bits per heavy atom. The number of amides is 2. The van der Waals surface area contributed by atoms with Crippen molar-refractivity contribution >= 4 is 11.7 Å². The molecule has 2 aromatic heterocycles. The Bertz CT molecular complexity index is 705. The molecule has 7 heteroatoms. The highest BCUT2D eigenvalue weighted by Gasteiger charge is 2.17. The average Bonchev–Trinajstić information content (AvgIpc) is 3.24. The molecular formula is C16H15FN4O2. The summed E-state index contributed by atoms with van der Waals surface area (Å²) in [6.07, 6.45) is 5.03. The minimum absolute atomic E-state index is 0.251. The van der Waals surface area contributed by atoms with Crippen molar-refractivity contribution in [3.63, 3.8) is 0 Å². The van der Waals surface area contributed by atoms with E-state index in [0.717, 1.165) is 0 Å². The molecule has 3 rings (SSSR count). The van der Waals surface area contributed by atoms with Crippen molar-refractivity contribution in [3.8, 4) is 0 Å². The number of carbonyl (C=O) groups excluding carboxylic acids is 1. The summed E-state index contributed by atoms with van der Waals surface area (Å²) in [5, 5.41) is 9.58. The van der Waals surface area contributed by atoms with E-state index < -0.39 is 0 Å². The zero-order chi connectivity index (χ0) is 16.1. The van der Waals surface area contributed by atoms with E-state index in [9.17, 15) is 9.18 Å². The molecule has 0 aliphatic heterocycles. The summed E-state index contributed by atoms with van der Waals surface area (Å²) in [7, 11) is 0. The van der Waals surface area contributed by atoms with Crippen LogP contribution in [0.5, 0.6) is 0 Å². The number of hydrogen-bond donors (Lipinski definition) is 2. The van der Waals surface area contributed by atoms with Crippen molar-refractivity contribution in [3.05, 3.63) is 72.7 Å². The lowest BCUT2D eigenvalue weighted by Crippen LogP contribution is -2.34. The maximum atomic E-state index is 12.8. The summed E-state index contributed by atoms with van der Waals surface area (Å²) < 4.78 is 20.0. The summed E-state index contributed by atoms with van der Waals surface area (Å²) in [5.41, 5.74) is 0.512. The lowest BCUT2D eigenvalue weighted by Gasteiger charge is -2.16. The molecule has 0 aliphatic carbocycles. The van der Waals surface area contributed by atoms with Crippen molar-refractivity contribution in [1.29, 1.82) is 0 Å². The highest BCUT2D eigenvalue weighted by molar-refractivity contribution is 5.89. The number of hydrogen-bond acceptors (Lipinski definition) is 3. The Balaban J connectivity index is 1.62. The lowest BCUT2D eigenvalue weighted by atomic mass is 10.2. The average molecular weight is 314 g/mol. The topological polar surface area (TPSA) is 72.1 Å². The Morgan fingerprint density at radius 2 is 2.09 bits per heavy atom. The molecule has 1 atom stereocenters. The number of nitrogens with one attached hydrogen (secondary N) is 2. The number of benzene rings is 1. The number of aromatic nitrogens is 2. The van der Waals surface area contributed by atoms with Gasteiger partial charge >= 0.3 is 6.03 Å². The van der Waals surface area contributed by atoms with Gasteiger partial charge in [-0.05, 0) is 42.5 Å². The molecule has 0 fully saturated rings. The van der Waals surface area contributed by atoms with Crippen LogP contribution in [0.15, 0.2) is 65.5 Å². The smallest absolute Gasteiger partial charge is 0.319 e. The standard InChI is InChI=1S/C16H15FN4O2/c17-12-4-6-13(7-5-12)20-16(22)18-11-14(15-3-1-10-23-15)21-9-2-8-19-21/h1-10,14H,11H2,(H2,18,20,22). The van der Waals surface area contributed by atoms with E-state index in [-0.39, 0.29) is 17.9 Å². The Kier molecular flexibility index (Phi) is 4.37. The van der Waals surface area contributed by atoms with Crippen LogP contribution in [0, 0.1) is 5.82 Å². The van der Waals surface area contributed by atoms with Gasteiger partial charge in [0.05, 0.1) is 6.26 Å². The van der Waals surface area contributed by atoms with Crippen LogP contribution in [-0.2, 0) is 0 Å². The number of urea groups is 1. The molecular weight excluding hydrogens is 299 g/mol. The van der Waals surface area contributed by atoms with Gasteiger partial charge < -0.3 is 15.1 Å². The Morgan fingerprint density at radius 1 is 1.26 bits per heavy atom. The molecule has 118 valence electrons. The normalized spacial score (nSPS) is 11.9. The molecule has 23 heavy (non-hydrogen) atoms. The molecule has 0 saturated carbocycles. The zero-order valence-electron chi connectivity index (χ0n) is 12.1. The van der Waals surface area contributed by atoms with Gasteiger partial charge in [0, 0.05) is 24.6 Å². The third-order valence-corrected chi connectivity index (χ3v) is 3.27. The van der Waals surface area contributed by atoms with Gasteiger partial charge in [-0.3, -0.25) is 4.68 Å². The van der Waals surface area contributed by atoms with E-state index in [2.05, 4.69) is 15.7 Å². The number of halogens is 1. The number of rotatable bonds is 5. The molecule has 0 aliphatic rings. The van der Waals surface area contributed by atoms with Crippen LogP contribution in [0.3, 0.4) is 0 Å². The van der Waals surface area contributed by atoms with Crippen molar-refractivity contribution in [1.82, 2.24) is 15.1 Å². The summed E-state index contributed by atoms with van der Waals surface area (Å²) >= 11 is 0. The summed E-state index contributed by atoms with van der Waals surface area (Å²) in [4.78, 5) is 12.0. The van der Waals surface area contributed by atoms with Gasteiger partial charge in [0.2, 0.25) is 0 Å². The summed E-state index contributed by atoms with van der Waals surface area (Å²) in [5.74, 6) is 0.336. The maximum absolute atomic E-state index is 12.8. The molecule has 0 bridgehead atoms. The predicted octanol–water partition coefficient (Wildman–Crippen LogP) is 3.03. The fourth-order valence-corrected chi connectivity index (χ4v) is 2.17. The summed E-state index contributed by atoms with van der Waals surface area (Å²) in [6, 6.07) is 10.3. The maximum Gasteiger partial charge on any atom is 0.319 e. The van der Waals surface area contributed by atoms with Crippen LogP contribution in [-0.4, -0.2) is 22.4 Å². The molecule has 0 saturated heterocycles. The number of anilines is 1. The first kappa shape index (κ1) is 14.8. The third kappa shape index (κ3) is 3.76. The molecule has 1 unspecified atom stereocenters. The number of carbonyl (C=O) groups is 1. The summed E-state index contributed by atoms with van der Waals surface area (Å²) in [6.45, 7) is 0.294. The fraction of sp³-hybridized carbons (Fsp3) is 0.125. The van der Waals surface area contributed by atoms with Gasteiger partial charge in [0.25, 0.3) is 0 Å². The van der Waals surface area contributed by atoms with E-state index in [0.29, 0.717) is 18.0 Å². The van der Waals surface area contributed by atoms with Gasteiger partial charge in [-0.2, -0.15) is 5.10 Å². The zero-order valence-corrected chi connectivity index (χ0v) is 12.1. The first-order valence-corrected chi connectivity index (χ1v) is 7.05. The Hall–Kier alpha value is -3.09. The van der Waals surface area contributed by atoms with Gasteiger partial charge in [0.1, 0.15) is 17.6 Å². The minimum atomic E-state index is -0.389. The first-order chi connectivity index (χ1) is 11.2. The second-order valence-electron chi connectivity index (χ2n) is 4.86. The molecule has 6 nitrogen and oxygen atoms in total. The van der Waals surface area contributed by atoms with Crippen molar-refractivity contribution in [2.24, 2.45) is 0 Å². The van der Waals surface area contributed by atoms with E-state index in [1.54, 1.807) is 35.5 Å². The van der Waals surface area contributed by atoms with Crippen LogP contribution in [0.4, 0.5) is 14.9 Å². The molecule has 2 heterocycles. The van der Waals surface area contributed by atoms with Crippen LogP contribution in [0.1, 0.15) is 11.8 Å². The Labute approximate surface area is 131 Å². The molecule has 2 amide bonds. The van der Waals surface area contributed by atoms with Crippen LogP contribution >= 0.6 is 0 Å². The van der Waals surface area contributed by atoms with Crippen molar-refractivity contribution < 1.29 is 13.6 Å². The number of furan rings is 1. The van der Waals surface area contributed by atoms with E-state index in [4.69, 9.17) is 4.42 Å². The molecule has 2 N–H and O–H groups in total. The third-order valence-electron chi connectivity index (χ3n) is 3.27. The second-order valence-corrected chi connectivity index (χ2v) is 4.86. The van der Waals surface area contributed by atoms with Crippen molar-refractivity contribution in [2.75, 3.05) is 11.9 Å². The highest BCUT2D eigenvalue weighted by Crippen LogP contribution is 2.17. The molecule has 0 radical (unpaired) electrons.